The Morgan fingerprint density at radius 1 is 1.28 bits per heavy atom. The summed E-state index contributed by atoms with van der Waals surface area (Å²) in [7, 11) is 5.36. The standard InChI is InChI=1S/C32H44N4O3/c1-9-35(30(37)22-10-11-27(28(17-22)38-7)34(6)21(2)3)15-14-32(5)29-18-23-16-24(23)20-36(29)26-12-13-31(4,39-8)19-25(26)33-32/h10-12,17-19,23-24,33H,2,9,13-16,20H2,1,3-8H3. The van der Waals surface area contributed by atoms with Crippen molar-refractivity contribution < 1.29 is 14.3 Å². The largest absolute Gasteiger partial charge is 0.495 e. The third-order valence-electron chi connectivity index (χ3n) is 9.13. The van der Waals surface area contributed by atoms with Crippen molar-refractivity contribution in [2.45, 2.75) is 58.1 Å². The Hall–Kier alpha value is -3.19. The molecule has 2 aliphatic carbocycles. The van der Waals surface area contributed by atoms with Gasteiger partial charge in [0.05, 0.1) is 35.3 Å². The summed E-state index contributed by atoms with van der Waals surface area (Å²) in [5.74, 6) is 2.11. The highest BCUT2D eigenvalue weighted by atomic mass is 16.5. The van der Waals surface area contributed by atoms with Crippen molar-refractivity contribution in [1.29, 1.82) is 0 Å². The minimum atomic E-state index is -0.319. The summed E-state index contributed by atoms with van der Waals surface area (Å²) in [6.07, 6.45) is 10.00. The average molecular weight is 533 g/mol. The van der Waals surface area contributed by atoms with Crippen LogP contribution in [0.5, 0.6) is 5.75 Å². The first-order valence-corrected chi connectivity index (χ1v) is 14.2. The summed E-state index contributed by atoms with van der Waals surface area (Å²) < 4.78 is 11.5. The summed E-state index contributed by atoms with van der Waals surface area (Å²) in [5.41, 5.74) is 5.57. The average Bonchev–Trinajstić information content (AvgIpc) is 3.70. The van der Waals surface area contributed by atoms with Crippen molar-refractivity contribution in [3.8, 4) is 5.75 Å². The molecular weight excluding hydrogens is 488 g/mol. The minimum Gasteiger partial charge on any atom is -0.495 e. The summed E-state index contributed by atoms with van der Waals surface area (Å²) in [6.45, 7) is 14.8. The van der Waals surface area contributed by atoms with Crippen molar-refractivity contribution in [2.24, 2.45) is 11.8 Å². The second-order valence-electron chi connectivity index (χ2n) is 12.0. The third kappa shape index (κ3) is 4.97. The van der Waals surface area contributed by atoms with Gasteiger partial charge in [-0.3, -0.25) is 4.79 Å². The maximum absolute atomic E-state index is 13.7. The van der Waals surface area contributed by atoms with Crippen LogP contribution in [0, 0.1) is 11.8 Å². The zero-order valence-corrected chi connectivity index (χ0v) is 24.6. The lowest BCUT2D eigenvalue weighted by atomic mass is 9.82. The number of carbonyl (C=O) groups excluding carboxylic acids is 1. The Morgan fingerprint density at radius 2 is 2.05 bits per heavy atom. The monoisotopic (exact) mass is 532 g/mol. The number of anilines is 1. The number of methoxy groups -OCH3 is 2. The van der Waals surface area contributed by atoms with Gasteiger partial charge in [-0.2, -0.15) is 0 Å². The Bertz CT molecular complexity index is 1270. The van der Waals surface area contributed by atoms with Crippen LogP contribution in [-0.2, 0) is 4.74 Å². The van der Waals surface area contributed by atoms with Crippen molar-refractivity contribution >= 4 is 11.6 Å². The topological polar surface area (TPSA) is 57.3 Å². The molecule has 7 heteroatoms. The van der Waals surface area contributed by atoms with Crippen LogP contribution in [0.2, 0.25) is 0 Å². The Morgan fingerprint density at radius 3 is 2.72 bits per heavy atom. The van der Waals surface area contributed by atoms with Gasteiger partial charge in [-0.15, -0.1) is 0 Å². The predicted octanol–water partition coefficient (Wildman–Crippen LogP) is 5.29. The highest BCUT2D eigenvalue weighted by Gasteiger charge is 2.50. The van der Waals surface area contributed by atoms with Gasteiger partial charge in [-0.05, 0) is 76.6 Å². The second kappa shape index (κ2) is 10.1. The summed E-state index contributed by atoms with van der Waals surface area (Å²) in [4.78, 5) is 20.1. The zero-order chi connectivity index (χ0) is 28.1. The Kier molecular flexibility index (Phi) is 7.08. The quantitative estimate of drug-likeness (QED) is 0.466. The molecule has 1 amide bonds. The van der Waals surface area contributed by atoms with E-state index in [1.54, 1.807) is 14.2 Å². The molecule has 0 spiro atoms. The molecule has 2 heterocycles. The molecule has 4 unspecified atom stereocenters. The van der Waals surface area contributed by atoms with E-state index in [1.807, 2.05) is 48.9 Å². The predicted molar refractivity (Wildman–Crippen MR) is 157 cm³/mol. The molecule has 1 aromatic carbocycles. The van der Waals surface area contributed by atoms with E-state index < -0.39 is 0 Å². The van der Waals surface area contributed by atoms with E-state index in [2.05, 4.69) is 48.9 Å². The molecule has 5 rings (SSSR count). The molecule has 0 aromatic heterocycles. The van der Waals surface area contributed by atoms with Gasteiger partial charge in [-0.1, -0.05) is 18.7 Å². The first kappa shape index (κ1) is 27.4. The molecule has 7 nitrogen and oxygen atoms in total. The smallest absolute Gasteiger partial charge is 0.253 e. The number of nitrogens with one attached hydrogen (secondary N) is 1. The molecule has 1 N–H and O–H groups in total. The van der Waals surface area contributed by atoms with Gasteiger partial charge in [0.2, 0.25) is 0 Å². The number of carbonyl (C=O) groups is 1. The minimum absolute atomic E-state index is 0.0147. The van der Waals surface area contributed by atoms with Crippen molar-refractivity contribution in [1.82, 2.24) is 15.1 Å². The summed E-state index contributed by atoms with van der Waals surface area (Å²) >= 11 is 0. The molecule has 0 radical (unpaired) electrons. The zero-order valence-electron chi connectivity index (χ0n) is 24.6. The number of fused-ring (bicyclic) bond motifs is 4. The van der Waals surface area contributed by atoms with Crippen molar-refractivity contribution in [3.63, 3.8) is 0 Å². The van der Waals surface area contributed by atoms with E-state index in [0.717, 1.165) is 42.4 Å². The van der Waals surface area contributed by atoms with Crippen LogP contribution in [0.15, 0.2) is 65.8 Å². The first-order valence-electron chi connectivity index (χ1n) is 14.2. The number of ether oxygens (including phenoxy) is 2. The fraction of sp³-hybridized carbons (Fsp3) is 0.531. The first-order chi connectivity index (χ1) is 18.5. The molecule has 39 heavy (non-hydrogen) atoms. The molecule has 0 bridgehead atoms. The van der Waals surface area contributed by atoms with Gasteiger partial charge in [-0.25, -0.2) is 0 Å². The molecule has 210 valence electrons. The van der Waals surface area contributed by atoms with E-state index in [4.69, 9.17) is 9.47 Å². The molecule has 2 fully saturated rings. The number of hydrogen-bond acceptors (Lipinski definition) is 6. The fourth-order valence-corrected chi connectivity index (χ4v) is 6.16. The van der Waals surface area contributed by atoms with E-state index in [0.29, 0.717) is 30.3 Å². The molecule has 1 saturated heterocycles. The number of piperazine rings is 1. The van der Waals surface area contributed by atoms with Crippen LogP contribution >= 0.6 is 0 Å². The number of benzene rings is 1. The lowest BCUT2D eigenvalue weighted by Crippen LogP contribution is -2.58. The Balaban J connectivity index is 1.38. The molecule has 4 aliphatic rings. The van der Waals surface area contributed by atoms with E-state index in [-0.39, 0.29) is 17.0 Å². The molecule has 1 saturated carbocycles. The van der Waals surface area contributed by atoms with Gasteiger partial charge in [0.15, 0.2) is 0 Å². The van der Waals surface area contributed by atoms with Crippen LogP contribution in [0.25, 0.3) is 0 Å². The molecule has 2 aliphatic heterocycles. The number of hydrogen-bond donors (Lipinski definition) is 1. The van der Waals surface area contributed by atoms with Crippen LogP contribution in [0.4, 0.5) is 5.69 Å². The summed E-state index contributed by atoms with van der Waals surface area (Å²) in [6, 6.07) is 5.66. The van der Waals surface area contributed by atoms with E-state index >= 15 is 0 Å². The normalized spacial score (nSPS) is 28.5. The van der Waals surface area contributed by atoms with Gasteiger partial charge >= 0.3 is 0 Å². The number of allylic oxidation sites excluding steroid dienone is 2. The molecule has 4 atom stereocenters. The third-order valence-corrected chi connectivity index (χ3v) is 9.13. The highest BCUT2D eigenvalue weighted by Crippen LogP contribution is 2.51. The molecule has 1 aromatic rings. The fourth-order valence-electron chi connectivity index (χ4n) is 6.16. The number of amides is 1. The van der Waals surface area contributed by atoms with Gasteiger partial charge in [0.25, 0.3) is 5.91 Å². The highest BCUT2D eigenvalue weighted by molar-refractivity contribution is 5.95. The van der Waals surface area contributed by atoms with Crippen LogP contribution in [-0.4, -0.2) is 67.7 Å². The Labute approximate surface area is 233 Å². The maximum Gasteiger partial charge on any atom is 0.253 e. The van der Waals surface area contributed by atoms with Crippen molar-refractivity contribution in [3.05, 3.63) is 71.4 Å². The second-order valence-corrected chi connectivity index (χ2v) is 12.0. The van der Waals surface area contributed by atoms with E-state index in [9.17, 15) is 4.79 Å². The lowest BCUT2D eigenvalue weighted by molar-refractivity contribution is 0.0467. The molecular formula is C32H44N4O3. The van der Waals surface area contributed by atoms with Gasteiger partial charge in [0, 0.05) is 57.2 Å². The van der Waals surface area contributed by atoms with Gasteiger partial charge < -0.3 is 29.5 Å². The lowest BCUT2D eigenvalue weighted by Gasteiger charge is -2.51. The number of rotatable bonds is 9. The van der Waals surface area contributed by atoms with E-state index in [1.165, 1.54) is 17.8 Å². The van der Waals surface area contributed by atoms with Crippen LogP contribution in [0.1, 0.15) is 57.3 Å². The maximum atomic E-state index is 13.7. The number of nitrogens with zero attached hydrogens (tertiary/aromatic N) is 3. The van der Waals surface area contributed by atoms with Crippen LogP contribution < -0.4 is 15.0 Å². The van der Waals surface area contributed by atoms with Gasteiger partial charge in [0.1, 0.15) is 5.75 Å². The van der Waals surface area contributed by atoms with Crippen LogP contribution in [0.3, 0.4) is 0 Å². The summed E-state index contributed by atoms with van der Waals surface area (Å²) in [5, 5.41) is 3.90. The van der Waals surface area contributed by atoms with Crippen molar-refractivity contribution in [2.75, 3.05) is 45.8 Å². The SMILES string of the molecule is C=C(C)N(C)c1ccc(C(=O)N(CC)CCC2(C)NC3=CC(C)(OC)CC=C3N3CC4CC4C=C32)cc1OC.